The van der Waals surface area contributed by atoms with E-state index < -0.39 is 12.2 Å². The van der Waals surface area contributed by atoms with E-state index in [1.54, 1.807) is 16.0 Å². The van der Waals surface area contributed by atoms with Crippen molar-refractivity contribution in [2.45, 2.75) is 19.3 Å². The molecule has 2 aliphatic rings. The van der Waals surface area contributed by atoms with Crippen molar-refractivity contribution < 1.29 is 14.4 Å². The van der Waals surface area contributed by atoms with E-state index in [0.29, 0.717) is 13.1 Å². The van der Waals surface area contributed by atoms with E-state index in [-0.39, 0.29) is 37.1 Å². The molecule has 4 aromatic carbocycles. The Bertz CT molecular complexity index is 1730. The molecule has 1 unspecified atom stereocenters. The normalized spacial score (nSPS) is 17.7. The first kappa shape index (κ1) is 27.8. The zero-order valence-corrected chi connectivity index (χ0v) is 23.6. The van der Waals surface area contributed by atoms with Crippen LogP contribution in [0.2, 0.25) is 0 Å². The fraction of sp³-hybridized carbons (Fsp3) is 0.171. The lowest BCUT2D eigenvalue weighted by Gasteiger charge is -2.43. The van der Waals surface area contributed by atoms with Gasteiger partial charge in [-0.25, -0.2) is 9.80 Å². The first-order valence-corrected chi connectivity index (χ1v) is 14.2. The van der Waals surface area contributed by atoms with Gasteiger partial charge in [-0.1, -0.05) is 109 Å². The maximum atomic E-state index is 14.1. The SMILES string of the molecule is C#CCN(C(=O)NCc1ccccc1)N1CC(=O)N2/C(=C/c3ccccc3)C(=O)N(Cc3cccc4ccccc34)CC21. The summed E-state index contributed by atoms with van der Waals surface area (Å²) in [6.07, 6.45) is 6.83. The number of hydrazine groups is 1. The van der Waals surface area contributed by atoms with Gasteiger partial charge in [-0.2, -0.15) is 5.01 Å². The van der Waals surface area contributed by atoms with Crippen LogP contribution in [0.1, 0.15) is 16.7 Å². The molecular weight excluding hydrogens is 538 g/mol. The Hall–Kier alpha value is -5.39. The fourth-order valence-electron chi connectivity index (χ4n) is 5.72. The Morgan fingerprint density at radius 3 is 2.40 bits per heavy atom. The summed E-state index contributed by atoms with van der Waals surface area (Å²) in [4.78, 5) is 44.4. The molecule has 6 rings (SSSR count). The number of hydrogen-bond acceptors (Lipinski definition) is 4. The number of fused-ring (bicyclic) bond motifs is 2. The summed E-state index contributed by atoms with van der Waals surface area (Å²) in [5.74, 6) is 2.04. The van der Waals surface area contributed by atoms with Crippen molar-refractivity contribution in [2.75, 3.05) is 19.6 Å². The smallest absolute Gasteiger partial charge is 0.333 e. The quantitative estimate of drug-likeness (QED) is 0.264. The highest BCUT2D eigenvalue weighted by Crippen LogP contribution is 2.32. The van der Waals surface area contributed by atoms with E-state index in [1.807, 2.05) is 103 Å². The molecule has 0 aliphatic carbocycles. The van der Waals surface area contributed by atoms with Gasteiger partial charge in [0.25, 0.3) is 5.91 Å². The maximum absolute atomic E-state index is 14.1. The van der Waals surface area contributed by atoms with Crippen LogP contribution in [-0.4, -0.2) is 63.5 Å². The number of carbonyl (C=O) groups is 3. The summed E-state index contributed by atoms with van der Waals surface area (Å²) < 4.78 is 0. The van der Waals surface area contributed by atoms with Crippen LogP contribution in [0.3, 0.4) is 0 Å². The van der Waals surface area contributed by atoms with Crippen molar-refractivity contribution in [1.82, 2.24) is 25.1 Å². The molecule has 8 nitrogen and oxygen atoms in total. The minimum absolute atomic E-state index is 0.0345. The lowest BCUT2D eigenvalue weighted by molar-refractivity contribution is -0.142. The van der Waals surface area contributed by atoms with Gasteiger partial charge in [0.15, 0.2) is 0 Å². The number of terminal acetylenes is 1. The Kier molecular flexibility index (Phi) is 7.90. The summed E-state index contributed by atoms with van der Waals surface area (Å²) >= 11 is 0. The number of piperazine rings is 1. The summed E-state index contributed by atoms with van der Waals surface area (Å²) in [7, 11) is 0. The van der Waals surface area contributed by atoms with Crippen molar-refractivity contribution in [2.24, 2.45) is 0 Å². The fourth-order valence-corrected chi connectivity index (χ4v) is 5.72. The molecule has 0 spiro atoms. The molecule has 2 saturated heterocycles. The molecule has 0 saturated carbocycles. The molecular formula is C35H31N5O3. The van der Waals surface area contributed by atoms with Crippen LogP contribution < -0.4 is 5.32 Å². The zero-order chi connectivity index (χ0) is 29.8. The molecule has 0 radical (unpaired) electrons. The number of nitrogens with one attached hydrogen (secondary N) is 1. The van der Waals surface area contributed by atoms with E-state index in [4.69, 9.17) is 6.42 Å². The van der Waals surface area contributed by atoms with E-state index in [0.717, 1.165) is 27.5 Å². The largest absolute Gasteiger partial charge is 0.333 e. The van der Waals surface area contributed by atoms with Gasteiger partial charge in [-0.15, -0.1) is 6.42 Å². The summed E-state index contributed by atoms with van der Waals surface area (Å²) in [6.45, 7) is 0.725. The highest BCUT2D eigenvalue weighted by atomic mass is 16.2. The van der Waals surface area contributed by atoms with Gasteiger partial charge in [0.1, 0.15) is 18.4 Å². The molecule has 2 heterocycles. The van der Waals surface area contributed by atoms with Crippen LogP contribution in [0.15, 0.2) is 109 Å². The highest BCUT2D eigenvalue weighted by molar-refractivity contribution is 6.03. The lowest BCUT2D eigenvalue weighted by Crippen LogP contribution is -2.61. The second kappa shape index (κ2) is 12.2. The van der Waals surface area contributed by atoms with Crippen molar-refractivity contribution in [3.63, 3.8) is 0 Å². The van der Waals surface area contributed by atoms with Crippen LogP contribution >= 0.6 is 0 Å². The van der Waals surface area contributed by atoms with Gasteiger partial charge in [0.05, 0.1) is 13.1 Å². The number of benzene rings is 4. The van der Waals surface area contributed by atoms with Crippen molar-refractivity contribution in [3.05, 3.63) is 126 Å². The average molecular weight is 570 g/mol. The number of carbonyl (C=O) groups excluding carboxylic acids is 3. The van der Waals surface area contributed by atoms with Gasteiger partial charge in [0.2, 0.25) is 5.91 Å². The number of hydrogen-bond donors (Lipinski definition) is 1. The summed E-state index contributed by atoms with van der Waals surface area (Å²) in [5.41, 5.74) is 2.99. The van der Waals surface area contributed by atoms with E-state index in [2.05, 4.69) is 11.2 Å². The Labute approximate surface area is 250 Å². The van der Waals surface area contributed by atoms with Crippen molar-refractivity contribution >= 4 is 34.7 Å². The average Bonchev–Trinajstić information content (AvgIpc) is 3.36. The van der Waals surface area contributed by atoms with Gasteiger partial charge in [0, 0.05) is 13.1 Å². The minimum atomic E-state index is -0.619. The molecule has 0 aromatic heterocycles. The second-order valence-electron chi connectivity index (χ2n) is 10.5. The van der Waals surface area contributed by atoms with Gasteiger partial charge in [-0.3, -0.25) is 14.5 Å². The van der Waals surface area contributed by atoms with Gasteiger partial charge >= 0.3 is 6.03 Å². The molecule has 2 fully saturated rings. The standard InChI is InChI=1S/C35H31N5O3/c1-2-20-38(35(43)36-22-27-14-7-4-8-15-27)39-25-33(41)40-31(21-26-12-5-3-6-13-26)34(42)37(24-32(39)40)23-29-18-11-17-28-16-9-10-19-30(28)29/h1,3-19,21,32H,20,22-25H2,(H,36,43)/b31-21+. The zero-order valence-electron chi connectivity index (χ0n) is 23.6. The molecule has 8 heteroatoms. The second-order valence-corrected chi connectivity index (χ2v) is 10.5. The molecule has 2 aliphatic heterocycles. The Morgan fingerprint density at radius 2 is 1.63 bits per heavy atom. The molecule has 43 heavy (non-hydrogen) atoms. The topological polar surface area (TPSA) is 76.2 Å². The van der Waals surface area contributed by atoms with Crippen molar-refractivity contribution in [3.8, 4) is 12.3 Å². The van der Waals surface area contributed by atoms with Crippen LogP contribution in [0.4, 0.5) is 4.79 Å². The third-order valence-electron chi connectivity index (χ3n) is 7.77. The Morgan fingerprint density at radius 1 is 0.930 bits per heavy atom. The van der Waals surface area contributed by atoms with Crippen molar-refractivity contribution in [1.29, 1.82) is 0 Å². The molecule has 1 atom stereocenters. The first-order valence-electron chi connectivity index (χ1n) is 14.2. The summed E-state index contributed by atoms with van der Waals surface area (Å²) in [6, 6.07) is 32.7. The highest BCUT2D eigenvalue weighted by Gasteiger charge is 2.50. The number of amides is 4. The van der Waals surface area contributed by atoms with Crippen LogP contribution in [-0.2, 0) is 22.7 Å². The number of urea groups is 1. The predicted molar refractivity (Wildman–Crippen MR) is 165 cm³/mol. The van der Waals surface area contributed by atoms with Crippen LogP contribution in [0, 0.1) is 12.3 Å². The molecule has 4 amide bonds. The molecule has 4 aromatic rings. The van der Waals surface area contributed by atoms with Gasteiger partial charge < -0.3 is 10.2 Å². The first-order chi connectivity index (χ1) is 21.0. The van der Waals surface area contributed by atoms with E-state index >= 15 is 0 Å². The monoisotopic (exact) mass is 569 g/mol. The third-order valence-corrected chi connectivity index (χ3v) is 7.77. The van der Waals surface area contributed by atoms with Gasteiger partial charge in [-0.05, 0) is 33.5 Å². The number of nitrogens with zero attached hydrogens (tertiary/aromatic N) is 4. The molecule has 214 valence electrons. The predicted octanol–water partition coefficient (Wildman–Crippen LogP) is 4.45. The minimum Gasteiger partial charge on any atom is -0.333 e. The lowest BCUT2D eigenvalue weighted by atomic mass is 10.0. The van der Waals surface area contributed by atoms with Crippen LogP contribution in [0.25, 0.3) is 16.8 Å². The summed E-state index contributed by atoms with van der Waals surface area (Å²) in [5, 5.41) is 8.15. The van der Waals surface area contributed by atoms with Crippen LogP contribution in [0.5, 0.6) is 0 Å². The van der Waals surface area contributed by atoms with E-state index in [1.165, 1.54) is 9.91 Å². The molecule has 1 N–H and O–H groups in total. The third kappa shape index (κ3) is 5.71. The molecule has 0 bridgehead atoms. The van der Waals surface area contributed by atoms with E-state index in [9.17, 15) is 14.4 Å². The maximum Gasteiger partial charge on any atom is 0.333 e. The number of rotatable bonds is 7. The Balaban J connectivity index is 1.35.